The van der Waals surface area contributed by atoms with Gasteiger partial charge < -0.3 is 31.9 Å². The highest BCUT2D eigenvalue weighted by atomic mass is 15.3. The first kappa shape index (κ1) is 38.4. The van der Waals surface area contributed by atoms with Crippen LogP contribution in [0.15, 0.2) is 158 Å². The lowest BCUT2D eigenvalue weighted by Crippen LogP contribution is -2.07. The zero-order chi connectivity index (χ0) is 40.1. The van der Waals surface area contributed by atoms with Crippen LogP contribution in [0.4, 0.5) is 69.8 Å². The van der Waals surface area contributed by atoms with Crippen LogP contribution < -0.4 is 31.9 Å². The number of hydrogen-bond acceptors (Lipinski definition) is 12. The number of aromatic nitrogens is 6. The Labute approximate surface area is 338 Å². The molecule has 8 aromatic rings. The molecule has 2 aromatic heterocycles. The summed E-state index contributed by atoms with van der Waals surface area (Å²) in [7, 11) is 0. The summed E-state index contributed by atoms with van der Waals surface area (Å²) in [6.07, 6.45) is 0. The summed E-state index contributed by atoms with van der Waals surface area (Å²) in [5, 5.41) is 19.5. The van der Waals surface area contributed by atoms with Gasteiger partial charge in [0.05, 0.1) is 0 Å². The standard InChI is InChI=1S/C24H24N6.C22H20N6/c1-16-7-4-10-19(13-16)25-22-28-23(26-20-11-5-8-17(2)14-20)30-24(29-22)27-21-12-6-9-18(3)15-21;1-16-12-14-19(15-13-16)25-22-27-20(23-17-8-4-2-5-9-17)26-21(28-22)24-18-10-6-3-7-11-18/h4-15H,1-3H3,(H3,25,26,27,28,29,30);2-15H,1H3,(H3,23,24,25,26,27,28). The Morgan fingerprint density at radius 1 is 0.241 bits per heavy atom. The first-order valence-corrected chi connectivity index (χ1v) is 18.8. The van der Waals surface area contributed by atoms with E-state index in [-0.39, 0.29) is 0 Å². The first-order valence-electron chi connectivity index (χ1n) is 18.8. The lowest BCUT2D eigenvalue weighted by Gasteiger charge is -2.12. The van der Waals surface area contributed by atoms with E-state index in [4.69, 9.17) is 0 Å². The molecule has 288 valence electrons. The molecule has 0 saturated carbocycles. The van der Waals surface area contributed by atoms with Crippen LogP contribution >= 0.6 is 0 Å². The molecule has 0 atom stereocenters. The van der Waals surface area contributed by atoms with Gasteiger partial charge in [0, 0.05) is 34.1 Å². The molecule has 8 rings (SSSR count). The Morgan fingerprint density at radius 3 is 0.793 bits per heavy atom. The number of benzene rings is 6. The molecule has 0 unspecified atom stereocenters. The fourth-order valence-electron chi connectivity index (χ4n) is 5.71. The molecule has 0 saturated heterocycles. The highest BCUT2D eigenvalue weighted by molar-refractivity contribution is 5.64. The number of anilines is 12. The van der Waals surface area contributed by atoms with Crippen LogP contribution in [0, 0.1) is 27.7 Å². The fraction of sp³-hybridized carbons (Fsp3) is 0.0870. The van der Waals surface area contributed by atoms with Crippen LogP contribution in [-0.2, 0) is 0 Å². The number of para-hydroxylation sites is 2. The van der Waals surface area contributed by atoms with Gasteiger partial charge in [-0.1, -0.05) is 90.5 Å². The zero-order valence-electron chi connectivity index (χ0n) is 32.7. The van der Waals surface area contributed by atoms with Gasteiger partial charge in [0.25, 0.3) is 0 Å². The van der Waals surface area contributed by atoms with E-state index in [2.05, 4.69) is 68.7 Å². The monoisotopic (exact) mass is 764 g/mol. The summed E-state index contributed by atoms with van der Waals surface area (Å²) < 4.78 is 0. The van der Waals surface area contributed by atoms with E-state index >= 15 is 0 Å². The number of hydrogen-bond donors (Lipinski definition) is 6. The molecule has 0 fully saturated rings. The molecule has 0 bridgehead atoms. The second-order valence-corrected chi connectivity index (χ2v) is 13.6. The van der Waals surface area contributed by atoms with Gasteiger partial charge in [0.2, 0.25) is 35.7 Å². The molecule has 6 N–H and O–H groups in total. The Bertz CT molecular complexity index is 2350. The van der Waals surface area contributed by atoms with Gasteiger partial charge in [0.1, 0.15) is 0 Å². The van der Waals surface area contributed by atoms with E-state index in [1.807, 2.05) is 178 Å². The summed E-state index contributed by atoms with van der Waals surface area (Å²) in [5.41, 5.74) is 10.1. The molecular weight excluding hydrogens is 721 g/mol. The fourth-order valence-corrected chi connectivity index (χ4v) is 5.71. The van der Waals surface area contributed by atoms with Crippen molar-refractivity contribution >= 4 is 69.8 Å². The summed E-state index contributed by atoms with van der Waals surface area (Å²) in [4.78, 5) is 27.2. The zero-order valence-corrected chi connectivity index (χ0v) is 32.7. The number of aryl methyl sites for hydroxylation is 4. The smallest absolute Gasteiger partial charge is 0.233 e. The van der Waals surface area contributed by atoms with Crippen LogP contribution in [0.2, 0.25) is 0 Å². The predicted molar refractivity (Wildman–Crippen MR) is 237 cm³/mol. The Hall–Kier alpha value is -7.86. The average molecular weight is 765 g/mol. The Kier molecular flexibility index (Phi) is 12.4. The number of rotatable bonds is 12. The van der Waals surface area contributed by atoms with Gasteiger partial charge in [-0.3, -0.25) is 0 Å². The van der Waals surface area contributed by atoms with E-state index in [0.29, 0.717) is 35.7 Å². The third-order valence-corrected chi connectivity index (χ3v) is 8.46. The van der Waals surface area contributed by atoms with Crippen molar-refractivity contribution in [3.63, 3.8) is 0 Å². The van der Waals surface area contributed by atoms with Gasteiger partial charge in [-0.25, -0.2) is 0 Å². The minimum absolute atomic E-state index is 0.453. The summed E-state index contributed by atoms with van der Waals surface area (Å²) in [6.45, 7) is 8.20. The van der Waals surface area contributed by atoms with Crippen molar-refractivity contribution < 1.29 is 0 Å². The molecule has 0 amide bonds. The van der Waals surface area contributed by atoms with Gasteiger partial charge in [0.15, 0.2) is 0 Å². The third-order valence-electron chi connectivity index (χ3n) is 8.46. The summed E-state index contributed by atoms with van der Waals surface area (Å²) in [6, 6.07) is 51.9. The predicted octanol–water partition coefficient (Wildman–Crippen LogP) is 11.4. The van der Waals surface area contributed by atoms with Crippen molar-refractivity contribution in [3.05, 3.63) is 180 Å². The normalized spacial score (nSPS) is 10.4. The summed E-state index contributed by atoms with van der Waals surface area (Å²) >= 11 is 0. The molecule has 0 aliphatic carbocycles. The van der Waals surface area contributed by atoms with Gasteiger partial charge in [-0.15, -0.1) is 0 Å². The maximum Gasteiger partial charge on any atom is 0.233 e. The van der Waals surface area contributed by atoms with Gasteiger partial charge in [-0.2, -0.15) is 29.9 Å². The van der Waals surface area contributed by atoms with Crippen LogP contribution in [0.5, 0.6) is 0 Å². The van der Waals surface area contributed by atoms with E-state index < -0.39 is 0 Å². The third kappa shape index (κ3) is 11.6. The van der Waals surface area contributed by atoms with E-state index in [0.717, 1.165) is 50.8 Å². The van der Waals surface area contributed by atoms with Crippen molar-refractivity contribution in [3.8, 4) is 0 Å². The molecule has 12 nitrogen and oxygen atoms in total. The molecule has 6 aromatic carbocycles. The molecule has 12 heteroatoms. The Balaban J connectivity index is 0.000000177. The van der Waals surface area contributed by atoms with E-state index in [1.165, 1.54) is 5.56 Å². The molecular formula is C46H44N12. The van der Waals surface area contributed by atoms with Crippen molar-refractivity contribution in [1.29, 1.82) is 0 Å². The largest absolute Gasteiger partial charge is 0.324 e. The maximum atomic E-state index is 4.56. The van der Waals surface area contributed by atoms with Crippen LogP contribution in [0.25, 0.3) is 0 Å². The minimum Gasteiger partial charge on any atom is -0.324 e. The Morgan fingerprint density at radius 2 is 0.500 bits per heavy atom. The van der Waals surface area contributed by atoms with Crippen LogP contribution in [0.1, 0.15) is 22.3 Å². The lowest BCUT2D eigenvalue weighted by atomic mass is 10.2. The highest BCUT2D eigenvalue weighted by Crippen LogP contribution is 2.24. The second kappa shape index (κ2) is 18.7. The second-order valence-electron chi connectivity index (χ2n) is 13.6. The van der Waals surface area contributed by atoms with Crippen LogP contribution in [-0.4, -0.2) is 29.9 Å². The summed E-state index contributed by atoms with van der Waals surface area (Å²) in [5.74, 6) is 2.74. The van der Waals surface area contributed by atoms with Gasteiger partial charge in [-0.05, 0) is 117 Å². The van der Waals surface area contributed by atoms with Crippen molar-refractivity contribution in [2.24, 2.45) is 0 Å². The van der Waals surface area contributed by atoms with Crippen LogP contribution in [0.3, 0.4) is 0 Å². The maximum absolute atomic E-state index is 4.56. The van der Waals surface area contributed by atoms with Crippen molar-refractivity contribution in [1.82, 2.24) is 29.9 Å². The molecule has 2 heterocycles. The molecule has 0 radical (unpaired) electrons. The van der Waals surface area contributed by atoms with E-state index in [1.54, 1.807) is 0 Å². The molecule has 0 aliphatic rings. The molecule has 0 spiro atoms. The van der Waals surface area contributed by atoms with E-state index in [9.17, 15) is 0 Å². The lowest BCUT2D eigenvalue weighted by molar-refractivity contribution is 1.06. The minimum atomic E-state index is 0.453. The topological polar surface area (TPSA) is 150 Å². The van der Waals surface area contributed by atoms with Crippen molar-refractivity contribution in [2.75, 3.05) is 31.9 Å². The first-order chi connectivity index (χ1) is 28.3. The number of nitrogens with one attached hydrogen (secondary N) is 6. The molecule has 0 aliphatic heterocycles. The average Bonchev–Trinajstić information content (AvgIpc) is 3.20. The van der Waals surface area contributed by atoms with Crippen molar-refractivity contribution in [2.45, 2.75) is 27.7 Å². The SMILES string of the molecule is Cc1ccc(Nc2nc(Nc3ccccc3)nc(Nc3ccccc3)n2)cc1.Cc1cccc(Nc2nc(Nc3cccc(C)c3)nc(Nc3cccc(C)c3)n2)c1. The quantitative estimate of drug-likeness (QED) is 0.0703. The highest BCUT2D eigenvalue weighted by Gasteiger charge is 2.10. The van der Waals surface area contributed by atoms with Gasteiger partial charge >= 0.3 is 0 Å². The number of nitrogens with zero attached hydrogens (tertiary/aromatic N) is 6. The molecule has 58 heavy (non-hydrogen) atoms.